The van der Waals surface area contributed by atoms with Gasteiger partial charge in [0, 0.05) is 32.6 Å². The summed E-state index contributed by atoms with van der Waals surface area (Å²) in [5, 5.41) is 74.1. The zero-order valence-electron chi connectivity index (χ0n) is 54.0. The number of carbonyl (C=O) groups excluding carboxylic acids is 11. The maximum atomic E-state index is 14.7. The largest absolute Gasteiger partial charge is 0.508 e. The van der Waals surface area contributed by atoms with Crippen molar-refractivity contribution in [2.75, 3.05) is 52.4 Å². The monoisotopic (exact) mass is 1330 g/mol. The molecule has 36 nitrogen and oxygen atoms in total. The fourth-order valence-electron chi connectivity index (χ4n) is 9.97. The highest BCUT2D eigenvalue weighted by atomic mass is 16.3. The van der Waals surface area contributed by atoms with Crippen molar-refractivity contribution in [1.29, 1.82) is 16.2 Å². The molecule has 1 heterocycles. The number of phenolic OH excluding ortho intramolecular Hbond substituents is 1. The van der Waals surface area contributed by atoms with E-state index < -0.39 is 144 Å². The second-order valence-corrected chi connectivity index (χ2v) is 23.0. The first-order chi connectivity index (χ1) is 44.6. The van der Waals surface area contributed by atoms with Gasteiger partial charge in [0.15, 0.2) is 17.9 Å². The van der Waals surface area contributed by atoms with Crippen molar-refractivity contribution in [1.82, 2.24) is 68.7 Å². The Bertz CT molecular complexity index is 2690. The Morgan fingerprint density at radius 2 is 0.979 bits per heavy atom. The smallest absolute Gasteiger partial charge is 0.245 e. The molecule has 0 saturated carbocycles. The van der Waals surface area contributed by atoms with Crippen LogP contribution in [0.15, 0.2) is 24.3 Å². The van der Waals surface area contributed by atoms with Gasteiger partial charge in [-0.05, 0) is 134 Å². The van der Waals surface area contributed by atoms with Crippen LogP contribution in [0.1, 0.15) is 123 Å². The van der Waals surface area contributed by atoms with E-state index in [1.165, 1.54) is 36.1 Å². The van der Waals surface area contributed by atoms with Crippen LogP contribution in [0.3, 0.4) is 0 Å². The minimum Gasteiger partial charge on any atom is -0.508 e. The number of likely N-dealkylation sites (tertiary alicyclic amines) is 1. The molecule has 528 valence electrons. The molecule has 0 aliphatic carbocycles. The number of unbranched alkanes of at least 4 members (excludes halogenated alkanes) is 2. The van der Waals surface area contributed by atoms with Gasteiger partial charge in [-0.2, -0.15) is 0 Å². The Morgan fingerprint density at radius 3 is 1.49 bits per heavy atom. The van der Waals surface area contributed by atoms with Gasteiger partial charge in [-0.15, -0.1) is 0 Å². The number of nitrogens with two attached hydrogens (primary N) is 7. The first-order valence-corrected chi connectivity index (χ1v) is 31.7. The molecule has 1 aromatic carbocycles. The summed E-state index contributed by atoms with van der Waals surface area (Å²) in [4.78, 5) is 153. The summed E-state index contributed by atoms with van der Waals surface area (Å²) in [7, 11) is 0. The first-order valence-electron chi connectivity index (χ1n) is 31.7. The lowest BCUT2D eigenvalue weighted by molar-refractivity contribution is -0.143. The number of nitrogens with zero attached hydrogens (tertiary/aromatic N) is 1. The maximum Gasteiger partial charge on any atom is 0.245 e. The summed E-state index contributed by atoms with van der Waals surface area (Å²) in [6.07, 6.45) is 1.36. The number of hydrogen-bond acceptors (Lipinski definition) is 19. The zero-order valence-corrected chi connectivity index (χ0v) is 54.0. The Kier molecular flexibility index (Phi) is 37.6. The number of aliphatic hydroxyl groups is 1. The molecule has 1 aromatic rings. The van der Waals surface area contributed by atoms with Gasteiger partial charge in [-0.25, -0.2) is 0 Å². The second kappa shape index (κ2) is 43.6. The van der Waals surface area contributed by atoms with E-state index in [0.29, 0.717) is 50.5 Å². The molecule has 0 radical (unpaired) electrons. The van der Waals surface area contributed by atoms with E-state index in [1.807, 2.05) is 0 Å². The number of phenols is 1. The van der Waals surface area contributed by atoms with Crippen molar-refractivity contribution in [2.45, 2.75) is 184 Å². The normalized spacial score (nSPS) is 15.8. The van der Waals surface area contributed by atoms with E-state index in [1.54, 1.807) is 13.8 Å². The molecule has 0 spiro atoms. The Balaban J connectivity index is 2.42. The van der Waals surface area contributed by atoms with E-state index >= 15 is 0 Å². The number of benzene rings is 1. The summed E-state index contributed by atoms with van der Waals surface area (Å²) < 4.78 is 0. The molecular formula is C58H103N23O13. The average Bonchev–Trinajstić information content (AvgIpc) is 1.59. The van der Waals surface area contributed by atoms with Crippen LogP contribution >= 0.6 is 0 Å². The molecule has 0 unspecified atom stereocenters. The van der Waals surface area contributed by atoms with Crippen LogP contribution in [0.2, 0.25) is 0 Å². The van der Waals surface area contributed by atoms with E-state index in [9.17, 15) is 63.0 Å². The van der Waals surface area contributed by atoms with Crippen molar-refractivity contribution in [2.24, 2.45) is 46.1 Å². The summed E-state index contributed by atoms with van der Waals surface area (Å²) in [5.74, 6) is -10.6. The maximum absolute atomic E-state index is 14.7. The number of primary amides is 1. The number of rotatable bonds is 45. The fraction of sp³-hybridized carbons (Fsp3) is 0.655. The van der Waals surface area contributed by atoms with Gasteiger partial charge in [0.2, 0.25) is 65.0 Å². The third-order valence-corrected chi connectivity index (χ3v) is 15.4. The molecule has 0 bridgehead atoms. The Labute approximate surface area is 547 Å². The van der Waals surface area contributed by atoms with E-state index in [4.69, 9.17) is 56.4 Å². The Hall–Kier alpha value is -9.16. The molecule has 1 fully saturated rings. The van der Waals surface area contributed by atoms with Crippen molar-refractivity contribution in [3.8, 4) is 5.75 Å². The third-order valence-electron chi connectivity index (χ3n) is 15.4. The number of aliphatic hydroxyl groups excluding tert-OH is 1. The molecule has 1 saturated heterocycles. The van der Waals surface area contributed by atoms with E-state index in [2.05, 4.69) is 63.8 Å². The lowest BCUT2D eigenvalue weighted by Crippen LogP contribution is -2.60. The molecule has 94 heavy (non-hydrogen) atoms. The fourth-order valence-corrected chi connectivity index (χ4v) is 9.97. The molecule has 1 aliphatic heterocycles. The van der Waals surface area contributed by atoms with Gasteiger partial charge < -0.3 is 119 Å². The van der Waals surface area contributed by atoms with Crippen LogP contribution in [-0.2, 0) is 59.2 Å². The molecule has 0 aromatic heterocycles. The highest BCUT2D eigenvalue weighted by molar-refractivity contribution is 5.99. The highest BCUT2D eigenvalue weighted by Gasteiger charge is 2.41. The van der Waals surface area contributed by atoms with Crippen LogP contribution in [-0.4, -0.2) is 211 Å². The van der Waals surface area contributed by atoms with Crippen LogP contribution in [0.5, 0.6) is 5.75 Å². The summed E-state index contributed by atoms with van der Waals surface area (Å²) in [6.45, 7) is 4.52. The number of amides is 11. The topological polar surface area (TPSA) is 630 Å². The minimum atomic E-state index is -1.69. The van der Waals surface area contributed by atoms with Crippen molar-refractivity contribution in [3.63, 3.8) is 0 Å². The minimum absolute atomic E-state index is 0.00469. The lowest BCUT2D eigenvalue weighted by Gasteiger charge is -2.32. The third kappa shape index (κ3) is 30.5. The van der Waals surface area contributed by atoms with Gasteiger partial charge in [0.05, 0.1) is 19.2 Å². The number of guanidine groups is 3. The predicted molar refractivity (Wildman–Crippen MR) is 348 cm³/mol. The predicted octanol–water partition coefficient (Wildman–Crippen LogP) is -7.16. The molecular weight excluding hydrogens is 1230 g/mol. The number of carbonyl (C=O) groups is 11. The molecule has 1 aliphatic rings. The Morgan fingerprint density at radius 1 is 0.532 bits per heavy atom. The second-order valence-electron chi connectivity index (χ2n) is 23.0. The number of hydrogen-bond donors (Lipinski definition) is 24. The quantitative estimate of drug-likeness (QED) is 0.0164. The summed E-state index contributed by atoms with van der Waals surface area (Å²) in [6, 6.07) is -6.33. The molecule has 2 rings (SSSR count). The number of nitrogens with one attached hydrogen (secondary N) is 15. The van der Waals surface area contributed by atoms with Gasteiger partial charge in [-0.3, -0.25) is 69.0 Å². The van der Waals surface area contributed by atoms with E-state index in [0.717, 1.165) is 0 Å². The van der Waals surface area contributed by atoms with Crippen LogP contribution in [0.4, 0.5) is 0 Å². The van der Waals surface area contributed by atoms with Crippen LogP contribution in [0.25, 0.3) is 0 Å². The van der Waals surface area contributed by atoms with Crippen molar-refractivity contribution in [3.05, 3.63) is 29.8 Å². The van der Waals surface area contributed by atoms with Gasteiger partial charge in [0.1, 0.15) is 60.1 Å². The molecule has 11 amide bonds. The van der Waals surface area contributed by atoms with Gasteiger partial charge >= 0.3 is 0 Å². The van der Waals surface area contributed by atoms with Crippen molar-refractivity contribution >= 4 is 82.9 Å². The highest BCUT2D eigenvalue weighted by Crippen LogP contribution is 2.22. The SMILES string of the molecule is CC[C@H](C)[C@H](NC(=O)[C@H](CCCNC(=N)N)NC(=O)CN)C(=O)N[C@@H](CCCCN)C(=O)N1CCC[C@H]1C(=O)N[C@@H](CCCNC(=N)N)C(=O)N[C@@H](CCCCN)C(=O)NCC(=O)N[C@@H](Cc1ccc(O)cc1)C(=O)N[C@H](C(=O)N[C@@H](CCCNC(=N)N)C(N)=O)[C@@H](C)O. The number of aromatic hydroxyl groups is 1. The molecule has 11 atom stereocenters. The van der Waals surface area contributed by atoms with Gasteiger partial charge in [0.25, 0.3) is 0 Å². The summed E-state index contributed by atoms with van der Waals surface area (Å²) in [5.41, 5.74) is 39.3. The van der Waals surface area contributed by atoms with Crippen LogP contribution < -0.4 is 104 Å². The lowest BCUT2D eigenvalue weighted by atomic mass is 9.96. The molecule has 31 N–H and O–H groups in total. The van der Waals surface area contributed by atoms with E-state index in [-0.39, 0.29) is 121 Å². The first kappa shape index (κ1) is 80.9. The van der Waals surface area contributed by atoms with Crippen LogP contribution in [0, 0.1) is 22.1 Å². The average molecular weight is 1330 g/mol. The molecule has 36 heteroatoms. The van der Waals surface area contributed by atoms with Gasteiger partial charge in [-0.1, -0.05) is 32.4 Å². The van der Waals surface area contributed by atoms with Crippen molar-refractivity contribution < 1.29 is 63.0 Å². The summed E-state index contributed by atoms with van der Waals surface area (Å²) >= 11 is 0. The zero-order chi connectivity index (χ0) is 70.5. The standard InChI is InChI=1S/C58H103N23O13/c1-4-32(2)45(79-50(89)38(73-43(84)30-61)16-10-26-70-57(65)66)53(92)78-40(14-6-8-24-60)55(94)81-28-12-18-42(81)52(91)77-39(17-11-27-71-58(67)68)49(88)76-37(13-5-7-23-59)48(87)72-31-44(85)74-41(29-34-19-21-35(83)22-20-34)51(90)80-46(33(3)82)54(93)75-36(47(62)86)15-9-25-69-56(63)64/h19-22,32-33,36-42,45-46,82-83H,4-18,23-31,59-61H2,1-3H3,(H2,62,86)(H,72,87)(H,73,84)(H,74,85)(H,75,93)(H,76,88)(H,77,91)(H,78,92)(H,79,89)(H,80,90)(H4,63,64,69)(H4,65,66,70)(H4,67,68,71)/t32-,33+,36-,37-,38-,39-,40-,41-,42-,45-,46-/m0/s1.